The van der Waals surface area contributed by atoms with Gasteiger partial charge >= 0.3 is 0 Å². The maximum Gasteiger partial charge on any atom is 0.0713 e. The van der Waals surface area contributed by atoms with Crippen LogP contribution in [0.2, 0.25) is 0 Å². The van der Waals surface area contributed by atoms with E-state index in [1.54, 1.807) is 0 Å². The van der Waals surface area contributed by atoms with Crippen molar-refractivity contribution in [1.82, 2.24) is 0 Å². The summed E-state index contributed by atoms with van der Waals surface area (Å²) in [5.41, 5.74) is 10.0. The van der Waals surface area contributed by atoms with Gasteiger partial charge in [0.25, 0.3) is 0 Å². The molecule has 0 saturated heterocycles. The molecule has 5 aromatic carbocycles. The van der Waals surface area contributed by atoms with E-state index < -0.39 is 0 Å². The molecule has 0 N–H and O–H groups in total. The third-order valence-electron chi connectivity index (χ3n) is 6.63. The molecule has 1 heteroatoms. The van der Waals surface area contributed by atoms with Crippen LogP contribution in [0.1, 0.15) is 22.3 Å². The Morgan fingerprint density at radius 3 is 1.62 bits per heavy atom. The number of fused-ring (bicyclic) bond motifs is 3. The Labute approximate surface area is 197 Å². The molecule has 0 aromatic heterocycles. The predicted octanol–water partition coefficient (Wildman–Crippen LogP) is 8.48. The molecule has 0 atom stereocenters. The van der Waals surface area contributed by atoms with E-state index in [1.165, 1.54) is 44.5 Å². The van der Waals surface area contributed by atoms with Crippen molar-refractivity contribution in [3.8, 4) is 22.3 Å². The van der Waals surface area contributed by atoms with Crippen molar-refractivity contribution >= 4 is 15.9 Å². The minimum absolute atomic E-state index is 0.329. The first-order chi connectivity index (χ1) is 15.8. The van der Waals surface area contributed by atoms with E-state index in [9.17, 15) is 0 Å². The summed E-state index contributed by atoms with van der Waals surface area (Å²) in [5.74, 6) is 0. The Balaban J connectivity index is 1.63. The highest BCUT2D eigenvalue weighted by Gasteiger charge is 2.45. The summed E-state index contributed by atoms with van der Waals surface area (Å²) < 4.78 is 1.10. The highest BCUT2D eigenvalue weighted by molar-refractivity contribution is 9.10. The Morgan fingerprint density at radius 1 is 0.438 bits per heavy atom. The van der Waals surface area contributed by atoms with Crippen LogP contribution in [0.4, 0.5) is 0 Å². The third-order valence-corrected chi connectivity index (χ3v) is 7.13. The van der Waals surface area contributed by atoms with Crippen molar-refractivity contribution < 1.29 is 0 Å². The Bertz CT molecular complexity index is 1370. The smallest absolute Gasteiger partial charge is 0.0622 e. The van der Waals surface area contributed by atoms with Crippen molar-refractivity contribution in [3.05, 3.63) is 154 Å². The van der Waals surface area contributed by atoms with E-state index in [4.69, 9.17) is 0 Å². The lowest BCUT2D eigenvalue weighted by molar-refractivity contribution is 0.768. The van der Waals surface area contributed by atoms with Crippen LogP contribution < -0.4 is 0 Å². The number of hydrogen-bond donors (Lipinski definition) is 0. The first-order valence-corrected chi connectivity index (χ1v) is 11.7. The fraction of sp³-hybridized carbons (Fsp3) is 0.0323. The summed E-state index contributed by atoms with van der Waals surface area (Å²) in [6.45, 7) is 0. The van der Waals surface area contributed by atoms with Crippen molar-refractivity contribution in [2.24, 2.45) is 0 Å². The largest absolute Gasteiger partial charge is 0.0713 e. The van der Waals surface area contributed by atoms with E-state index in [0.29, 0.717) is 0 Å². The lowest BCUT2D eigenvalue weighted by Crippen LogP contribution is -2.28. The van der Waals surface area contributed by atoms with Gasteiger partial charge in [-0.05, 0) is 56.6 Å². The maximum absolute atomic E-state index is 3.60. The summed E-state index contributed by atoms with van der Waals surface area (Å²) >= 11 is 3.60. The molecule has 0 bridgehead atoms. The van der Waals surface area contributed by atoms with E-state index in [-0.39, 0.29) is 5.41 Å². The van der Waals surface area contributed by atoms with E-state index in [1.807, 2.05) is 0 Å². The molecule has 1 aliphatic carbocycles. The average molecular weight is 473 g/mol. The Hall–Kier alpha value is -3.42. The summed E-state index contributed by atoms with van der Waals surface area (Å²) in [6.07, 6.45) is 0. The zero-order valence-corrected chi connectivity index (χ0v) is 19.1. The summed E-state index contributed by atoms with van der Waals surface area (Å²) in [7, 11) is 0. The van der Waals surface area contributed by atoms with Gasteiger partial charge in [-0.25, -0.2) is 0 Å². The van der Waals surface area contributed by atoms with Crippen molar-refractivity contribution in [3.63, 3.8) is 0 Å². The van der Waals surface area contributed by atoms with E-state index >= 15 is 0 Å². The third kappa shape index (κ3) is 2.82. The van der Waals surface area contributed by atoms with Gasteiger partial charge in [0.1, 0.15) is 0 Å². The summed E-state index contributed by atoms with van der Waals surface area (Å²) in [6, 6.07) is 46.3. The fourth-order valence-electron chi connectivity index (χ4n) is 5.29. The number of halogens is 1. The van der Waals surface area contributed by atoms with Gasteiger partial charge in [-0.2, -0.15) is 0 Å². The van der Waals surface area contributed by atoms with Gasteiger partial charge in [0.05, 0.1) is 5.41 Å². The van der Waals surface area contributed by atoms with Gasteiger partial charge in [-0.15, -0.1) is 0 Å². The molecule has 6 rings (SSSR count). The zero-order chi connectivity index (χ0) is 21.5. The predicted molar refractivity (Wildman–Crippen MR) is 137 cm³/mol. The van der Waals surface area contributed by atoms with Gasteiger partial charge < -0.3 is 0 Å². The average Bonchev–Trinajstić information content (AvgIpc) is 3.16. The summed E-state index contributed by atoms with van der Waals surface area (Å²) in [4.78, 5) is 0. The second-order valence-electron chi connectivity index (χ2n) is 8.29. The summed E-state index contributed by atoms with van der Waals surface area (Å²) in [5, 5.41) is 0. The molecule has 0 spiro atoms. The highest BCUT2D eigenvalue weighted by atomic mass is 79.9. The van der Waals surface area contributed by atoms with E-state index in [2.05, 4.69) is 143 Å². The van der Waals surface area contributed by atoms with Crippen LogP contribution in [0, 0.1) is 0 Å². The van der Waals surface area contributed by atoms with Gasteiger partial charge in [-0.1, -0.05) is 131 Å². The standard InChI is InChI=1S/C31H21Br/c32-26-12-8-9-23(21-26)22-17-19-25(20-18-22)31(24-10-2-1-3-11-24)29-15-6-4-13-27(29)28-14-5-7-16-30(28)31/h1-21H. The fourth-order valence-corrected chi connectivity index (χ4v) is 5.69. The van der Waals surface area contributed by atoms with Crippen LogP contribution in [0.15, 0.2) is 132 Å². The maximum atomic E-state index is 3.60. The molecule has 0 amide bonds. The van der Waals surface area contributed by atoms with Crippen molar-refractivity contribution in [2.75, 3.05) is 0 Å². The molecule has 0 radical (unpaired) electrons. The van der Waals surface area contributed by atoms with Gasteiger partial charge in [0.2, 0.25) is 0 Å². The monoisotopic (exact) mass is 472 g/mol. The Morgan fingerprint density at radius 2 is 1.00 bits per heavy atom. The second-order valence-corrected chi connectivity index (χ2v) is 9.21. The normalized spacial score (nSPS) is 13.4. The highest BCUT2D eigenvalue weighted by Crippen LogP contribution is 2.55. The molecular weight excluding hydrogens is 452 g/mol. The molecule has 152 valence electrons. The molecular formula is C31H21Br. The van der Waals surface area contributed by atoms with Crippen LogP contribution >= 0.6 is 15.9 Å². The first kappa shape index (κ1) is 19.3. The molecule has 0 aliphatic heterocycles. The van der Waals surface area contributed by atoms with Crippen LogP contribution in [0.5, 0.6) is 0 Å². The molecule has 0 nitrogen and oxygen atoms in total. The number of benzene rings is 5. The molecule has 5 aromatic rings. The topological polar surface area (TPSA) is 0 Å². The molecule has 1 aliphatic rings. The van der Waals surface area contributed by atoms with Crippen molar-refractivity contribution in [1.29, 1.82) is 0 Å². The molecule has 0 fully saturated rings. The van der Waals surface area contributed by atoms with E-state index in [0.717, 1.165) is 4.47 Å². The Kier molecular flexibility index (Phi) is 4.59. The molecule has 0 saturated carbocycles. The first-order valence-electron chi connectivity index (χ1n) is 10.9. The minimum Gasteiger partial charge on any atom is -0.0622 e. The molecule has 0 unspecified atom stereocenters. The van der Waals surface area contributed by atoms with Crippen LogP contribution in [0.3, 0.4) is 0 Å². The van der Waals surface area contributed by atoms with Crippen LogP contribution in [-0.2, 0) is 5.41 Å². The number of rotatable bonds is 3. The molecule has 0 heterocycles. The number of hydrogen-bond acceptors (Lipinski definition) is 0. The lowest BCUT2D eigenvalue weighted by Gasteiger charge is -2.34. The quantitative estimate of drug-likeness (QED) is 0.242. The van der Waals surface area contributed by atoms with Gasteiger partial charge in [0.15, 0.2) is 0 Å². The lowest BCUT2D eigenvalue weighted by atomic mass is 9.67. The zero-order valence-electron chi connectivity index (χ0n) is 17.5. The SMILES string of the molecule is Brc1cccc(-c2ccc(C3(c4ccccc4)c4ccccc4-c4ccccc43)cc2)c1. The van der Waals surface area contributed by atoms with Gasteiger partial charge in [0, 0.05) is 4.47 Å². The molecule has 32 heavy (non-hydrogen) atoms. The minimum atomic E-state index is -0.329. The van der Waals surface area contributed by atoms with Crippen molar-refractivity contribution in [2.45, 2.75) is 5.41 Å². The second kappa shape index (κ2) is 7.62. The van der Waals surface area contributed by atoms with Crippen LogP contribution in [0.25, 0.3) is 22.3 Å². The van der Waals surface area contributed by atoms with Gasteiger partial charge in [-0.3, -0.25) is 0 Å². The van der Waals surface area contributed by atoms with Crippen LogP contribution in [-0.4, -0.2) is 0 Å².